The molecule has 0 radical (unpaired) electrons. The molecule has 2 aromatic rings. The molecule has 2 rings (SSSR count). The third-order valence-corrected chi connectivity index (χ3v) is 3.56. The number of rotatable bonds is 3. The Morgan fingerprint density at radius 1 is 1.36 bits per heavy atom. The van der Waals surface area contributed by atoms with Crippen molar-refractivity contribution in [1.29, 1.82) is 0 Å². The van der Waals surface area contributed by atoms with Crippen LogP contribution >= 0.6 is 22.7 Å². The average molecular weight is 223 g/mol. The Morgan fingerprint density at radius 2 is 2.21 bits per heavy atom. The second-order valence-electron chi connectivity index (χ2n) is 3.75. The maximum atomic E-state index is 4.62. The molecule has 2 heterocycles. The quantitative estimate of drug-likeness (QED) is 0.764. The van der Waals surface area contributed by atoms with Gasteiger partial charge >= 0.3 is 0 Å². The average Bonchev–Trinajstić information content (AvgIpc) is 2.69. The smallest absolute Gasteiger partial charge is 0.124 e. The molecule has 0 saturated carbocycles. The highest BCUT2D eigenvalue weighted by molar-refractivity contribution is 7.14. The van der Waals surface area contributed by atoms with Crippen molar-refractivity contribution in [1.82, 2.24) is 4.98 Å². The van der Waals surface area contributed by atoms with Crippen LogP contribution in [0, 0.1) is 5.92 Å². The van der Waals surface area contributed by atoms with Gasteiger partial charge in [0, 0.05) is 16.3 Å². The number of thiazole rings is 1. The molecular formula is C11H13NS2. The van der Waals surface area contributed by atoms with Gasteiger partial charge in [0.1, 0.15) is 5.01 Å². The maximum Gasteiger partial charge on any atom is 0.124 e. The number of thiophene rings is 1. The van der Waals surface area contributed by atoms with E-state index in [2.05, 4.69) is 41.0 Å². The molecule has 0 aliphatic heterocycles. The van der Waals surface area contributed by atoms with Gasteiger partial charge in [0.25, 0.3) is 0 Å². The molecule has 0 saturated heterocycles. The van der Waals surface area contributed by atoms with Crippen molar-refractivity contribution in [2.75, 3.05) is 0 Å². The van der Waals surface area contributed by atoms with Crippen LogP contribution in [-0.2, 0) is 6.42 Å². The van der Waals surface area contributed by atoms with Crippen molar-refractivity contribution < 1.29 is 0 Å². The number of nitrogens with zero attached hydrogens (tertiary/aromatic N) is 1. The van der Waals surface area contributed by atoms with Gasteiger partial charge in [-0.1, -0.05) is 13.8 Å². The van der Waals surface area contributed by atoms with Crippen LogP contribution in [0.1, 0.15) is 19.5 Å². The molecule has 0 aliphatic carbocycles. The molecule has 14 heavy (non-hydrogen) atoms. The summed E-state index contributed by atoms with van der Waals surface area (Å²) in [5.41, 5.74) is 2.49. The van der Waals surface area contributed by atoms with Gasteiger partial charge in [-0.05, 0) is 23.8 Å². The maximum absolute atomic E-state index is 4.62. The minimum Gasteiger partial charge on any atom is -0.241 e. The van der Waals surface area contributed by atoms with Crippen molar-refractivity contribution in [3.05, 3.63) is 27.9 Å². The van der Waals surface area contributed by atoms with Crippen LogP contribution in [0.5, 0.6) is 0 Å². The van der Waals surface area contributed by atoms with Crippen LogP contribution in [0.2, 0.25) is 0 Å². The Hall–Kier alpha value is -0.670. The zero-order valence-corrected chi connectivity index (χ0v) is 9.99. The topological polar surface area (TPSA) is 12.9 Å². The highest BCUT2D eigenvalue weighted by Gasteiger charge is 2.05. The van der Waals surface area contributed by atoms with Gasteiger partial charge in [0.2, 0.25) is 0 Å². The Balaban J connectivity index is 2.18. The van der Waals surface area contributed by atoms with Gasteiger partial charge in [0.05, 0.1) is 5.69 Å². The number of hydrogen-bond acceptors (Lipinski definition) is 3. The summed E-state index contributed by atoms with van der Waals surface area (Å²) in [4.78, 5) is 4.62. The first-order valence-electron chi connectivity index (χ1n) is 4.72. The van der Waals surface area contributed by atoms with Crippen molar-refractivity contribution in [2.24, 2.45) is 5.92 Å². The van der Waals surface area contributed by atoms with E-state index in [1.807, 2.05) is 0 Å². The lowest BCUT2D eigenvalue weighted by atomic mass is 10.1. The minimum atomic E-state index is 0.687. The summed E-state index contributed by atoms with van der Waals surface area (Å²) in [6.45, 7) is 4.45. The molecular weight excluding hydrogens is 210 g/mol. The Kier molecular flexibility index (Phi) is 2.99. The predicted molar refractivity (Wildman–Crippen MR) is 64.0 cm³/mol. The van der Waals surface area contributed by atoms with Crippen LogP contribution in [0.3, 0.4) is 0 Å². The largest absolute Gasteiger partial charge is 0.241 e. The fourth-order valence-electron chi connectivity index (χ4n) is 1.34. The van der Waals surface area contributed by atoms with E-state index in [-0.39, 0.29) is 0 Å². The molecule has 74 valence electrons. The van der Waals surface area contributed by atoms with Crippen LogP contribution in [0.15, 0.2) is 22.2 Å². The molecule has 0 aromatic carbocycles. The standard InChI is InChI=1S/C11H13NS2/c1-8(2)5-10-7-14-11(12-10)9-3-4-13-6-9/h3-4,6-8H,5H2,1-2H3. The van der Waals surface area contributed by atoms with Gasteiger partial charge in [-0.15, -0.1) is 11.3 Å². The van der Waals surface area contributed by atoms with Crippen molar-refractivity contribution in [3.63, 3.8) is 0 Å². The van der Waals surface area contributed by atoms with E-state index in [1.165, 1.54) is 11.3 Å². The zero-order chi connectivity index (χ0) is 9.97. The van der Waals surface area contributed by atoms with Crippen molar-refractivity contribution in [2.45, 2.75) is 20.3 Å². The summed E-state index contributed by atoms with van der Waals surface area (Å²) >= 11 is 3.47. The first kappa shape index (κ1) is 9.87. The molecule has 0 atom stereocenters. The summed E-state index contributed by atoms with van der Waals surface area (Å²) in [6, 6.07) is 2.13. The molecule has 0 unspecified atom stereocenters. The van der Waals surface area contributed by atoms with Crippen LogP contribution in [0.25, 0.3) is 10.6 Å². The van der Waals surface area contributed by atoms with Crippen molar-refractivity contribution in [3.8, 4) is 10.6 Å². The number of aromatic nitrogens is 1. The lowest BCUT2D eigenvalue weighted by Gasteiger charge is -1.98. The summed E-state index contributed by atoms with van der Waals surface area (Å²) in [5, 5.41) is 7.58. The van der Waals surface area contributed by atoms with E-state index >= 15 is 0 Å². The van der Waals surface area contributed by atoms with Gasteiger partial charge in [-0.25, -0.2) is 4.98 Å². The minimum absolute atomic E-state index is 0.687. The zero-order valence-electron chi connectivity index (χ0n) is 8.36. The highest BCUT2D eigenvalue weighted by Crippen LogP contribution is 2.26. The fourth-order valence-corrected chi connectivity index (χ4v) is 2.88. The van der Waals surface area contributed by atoms with E-state index in [9.17, 15) is 0 Å². The van der Waals surface area contributed by atoms with Crippen LogP contribution in [0.4, 0.5) is 0 Å². The van der Waals surface area contributed by atoms with E-state index in [0.717, 1.165) is 11.4 Å². The first-order chi connectivity index (χ1) is 6.75. The third-order valence-electron chi connectivity index (χ3n) is 1.94. The SMILES string of the molecule is CC(C)Cc1csc(-c2ccsc2)n1. The van der Waals surface area contributed by atoms with Crippen molar-refractivity contribution >= 4 is 22.7 Å². The predicted octanol–water partition coefficient (Wildman–Crippen LogP) is 4.07. The van der Waals surface area contributed by atoms with E-state index in [1.54, 1.807) is 22.7 Å². The Bertz CT molecular complexity index is 387. The Labute approximate surface area is 92.4 Å². The van der Waals surface area contributed by atoms with Crippen LogP contribution < -0.4 is 0 Å². The molecule has 0 N–H and O–H groups in total. The second kappa shape index (κ2) is 4.24. The monoisotopic (exact) mass is 223 g/mol. The summed E-state index contributed by atoms with van der Waals surface area (Å²) in [5.74, 6) is 0.687. The summed E-state index contributed by atoms with van der Waals surface area (Å²) < 4.78 is 0. The summed E-state index contributed by atoms with van der Waals surface area (Å²) in [6.07, 6.45) is 1.08. The van der Waals surface area contributed by atoms with Gasteiger partial charge in [-0.3, -0.25) is 0 Å². The lowest BCUT2D eigenvalue weighted by Crippen LogP contribution is -1.93. The van der Waals surface area contributed by atoms with Crippen LogP contribution in [-0.4, -0.2) is 4.98 Å². The molecule has 2 aromatic heterocycles. The van der Waals surface area contributed by atoms with Gasteiger partial charge in [0.15, 0.2) is 0 Å². The molecule has 0 amide bonds. The molecule has 0 aliphatic rings. The number of hydrogen-bond donors (Lipinski definition) is 0. The third kappa shape index (κ3) is 2.22. The van der Waals surface area contributed by atoms with Gasteiger partial charge < -0.3 is 0 Å². The molecule has 0 bridgehead atoms. The Morgan fingerprint density at radius 3 is 2.86 bits per heavy atom. The molecule has 1 nitrogen and oxygen atoms in total. The van der Waals surface area contributed by atoms with E-state index < -0.39 is 0 Å². The van der Waals surface area contributed by atoms with Gasteiger partial charge in [-0.2, -0.15) is 11.3 Å². The second-order valence-corrected chi connectivity index (χ2v) is 5.39. The normalized spacial score (nSPS) is 11.1. The molecule has 0 fully saturated rings. The highest BCUT2D eigenvalue weighted by atomic mass is 32.1. The first-order valence-corrected chi connectivity index (χ1v) is 6.55. The molecule has 0 spiro atoms. The molecule has 3 heteroatoms. The lowest BCUT2D eigenvalue weighted by molar-refractivity contribution is 0.638. The summed E-state index contributed by atoms with van der Waals surface area (Å²) in [7, 11) is 0. The van der Waals surface area contributed by atoms with E-state index in [4.69, 9.17) is 0 Å². The fraction of sp³-hybridized carbons (Fsp3) is 0.364. The van der Waals surface area contributed by atoms with E-state index in [0.29, 0.717) is 5.92 Å².